The number of fused-ring (bicyclic) bond motifs is 2. The Morgan fingerprint density at radius 2 is 2.16 bits per heavy atom. The number of benzene rings is 2. The normalized spacial score (nSPS) is 13.0. The Morgan fingerprint density at radius 1 is 1.28 bits per heavy atom. The maximum absolute atomic E-state index is 12.7. The fraction of sp³-hybridized carbons (Fsp3) is 0.0952. The second-order valence-electron chi connectivity index (χ2n) is 7.02. The Labute approximate surface area is 184 Å². The summed E-state index contributed by atoms with van der Waals surface area (Å²) in [6.45, 7) is -0.554. The molecule has 3 heterocycles. The van der Waals surface area contributed by atoms with E-state index >= 15 is 0 Å². The third kappa shape index (κ3) is 3.65. The molecule has 0 atom stereocenters. The average Bonchev–Trinajstić information content (AvgIpc) is 3.44. The monoisotopic (exact) mass is 449 g/mol. The van der Waals surface area contributed by atoms with Crippen LogP contribution in [0.4, 0.5) is 17.1 Å². The van der Waals surface area contributed by atoms with Crippen molar-refractivity contribution >= 4 is 51.2 Å². The number of H-pyrrole nitrogens is 1. The molecule has 0 saturated heterocycles. The van der Waals surface area contributed by atoms with Gasteiger partial charge in [-0.15, -0.1) is 11.3 Å². The zero-order valence-corrected chi connectivity index (χ0v) is 17.2. The van der Waals surface area contributed by atoms with E-state index in [1.54, 1.807) is 29.5 Å². The van der Waals surface area contributed by atoms with Crippen molar-refractivity contribution in [3.63, 3.8) is 0 Å². The largest absolute Gasteiger partial charge is 0.482 e. The molecule has 160 valence electrons. The topological polar surface area (TPSA) is 130 Å². The molecule has 1 aliphatic rings. The van der Waals surface area contributed by atoms with Crippen LogP contribution in [0.25, 0.3) is 21.7 Å². The summed E-state index contributed by atoms with van der Waals surface area (Å²) in [6.07, 6.45) is 0. The highest BCUT2D eigenvalue weighted by atomic mass is 32.1. The van der Waals surface area contributed by atoms with Gasteiger partial charge in [0.2, 0.25) is 5.91 Å². The van der Waals surface area contributed by atoms with Crippen LogP contribution < -0.4 is 15.0 Å². The number of aromatic amines is 1. The van der Waals surface area contributed by atoms with Crippen molar-refractivity contribution in [3.05, 3.63) is 64.0 Å². The molecule has 0 spiro atoms. The number of aromatic nitrogens is 2. The van der Waals surface area contributed by atoms with Crippen molar-refractivity contribution in [2.75, 3.05) is 23.4 Å². The number of imidazole rings is 1. The number of carbonyl (C=O) groups excluding carboxylic acids is 2. The van der Waals surface area contributed by atoms with Gasteiger partial charge in [-0.1, -0.05) is 6.07 Å². The third-order valence-corrected chi connectivity index (χ3v) is 5.79. The van der Waals surface area contributed by atoms with Crippen molar-refractivity contribution in [2.45, 2.75) is 0 Å². The lowest BCUT2D eigenvalue weighted by Crippen LogP contribution is -2.43. The number of amides is 2. The number of thiophene rings is 1. The number of anilines is 2. The standard InChI is InChI=1S/C21H15N5O5S/c27-19(10-25-16-9-13(26(29)30)4-6-17(16)31-11-20(25)28)22-12-3-5-14-15(8-12)24-21(23-14)18-2-1-7-32-18/h1-9H,10-11H2,(H,22,27)(H,23,24). The SMILES string of the molecule is O=C(CN1C(=O)COc2ccc([N+](=O)[O-])cc21)Nc1ccc2nc(-c3cccs3)[nH]c2c1. The molecule has 0 bridgehead atoms. The first kappa shape index (κ1) is 19.7. The molecule has 0 fully saturated rings. The van der Waals surface area contributed by atoms with Crippen molar-refractivity contribution in [1.82, 2.24) is 9.97 Å². The van der Waals surface area contributed by atoms with Crippen molar-refractivity contribution in [3.8, 4) is 16.5 Å². The van der Waals surface area contributed by atoms with Gasteiger partial charge in [0.1, 0.15) is 18.1 Å². The Balaban J connectivity index is 1.36. The number of rotatable bonds is 5. The molecule has 2 N–H and O–H groups in total. The smallest absolute Gasteiger partial charge is 0.271 e. The van der Waals surface area contributed by atoms with Crippen LogP contribution in [0.3, 0.4) is 0 Å². The first-order chi connectivity index (χ1) is 15.5. The minimum absolute atomic E-state index is 0.190. The van der Waals surface area contributed by atoms with Gasteiger partial charge < -0.3 is 15.0 Å². The second-order valence-corrected chi connectivity index (χ2v) is 7.97. The van der Waals surface area contributed by atoms with Gasteiger partial charge in [0.15, 0.2) is 6.61 Å². The van der Waals surface area contributed by atoms with Crippen molar-refractivity contribution in [1.29, 1.82) is 0 Å². The Hall–Kier alpha value is -4.25. The predicted molar refractivity (Wildman–Crippen MR) is 119 cm³/mol. The fourth-order valence-corrected chi connectivity index (χ4v) is 4.11. The van der Waals surface area contributed by atoms with E-state index in [0.29, 0.717) is 11.4 Å². The zero-order chi connectivity index (χ0) is 22.2. The summed E-state index contributed by atoms with van der Waals surface area (Å²) >= 11 is 1.57. The number of ether oxygens (including phenoxy) is 1. The van der Waals surface area contributed by atoms with E-state index in [-0.39, 0.29) is 24.5 Å². The van der Waals surface area contributed by atoms with E-state index < -0.39 is 16.7 Å². The molecule has 11 heteroatoms. The van der Waals surface area contributed by atoms with Crippen molar-refractivity contribution < 1.29 is 19.2 Å². The van der Waals surface area contributed by atoms with Crippen LogP contribution in [0.2, 0.25) is 0 Å². The summed E-state index contributed by atoms with van der Waals surface area (Å²) in [5, 5.41) is 15.8. The number of hydrogen-bond donors (Lipinski definition) is 2. The molecule has 0 saturated carbocycles. The zero-order valence-electron chi connectivity index (χ0n) is 16.4. The Bertz CT molecular complexity index is 1360. The molecule has 0 unspecified atom stereocenters. The molecule has 2 aromatic heterocycles. The summed E-state index contributed by atoms with van der Waals surface area (Å²) in [4.78, 5) is 45.5. The number of nitro groups is 1. The minimum Gasteiger partial charge on any atom is -0.482 e. The van der Waals surface area contributed by atoms with Crippen LogP contribution in [0.15, 0.2) is 53.9 Å². The quantitative estimate of drug-likeness (QED) is 0.354. The lowest BCUT2D eigenvalue weighted by Gasteiger charge is -2.28. The molecule has 1 aliphatic heterocycles. The molecule has 5 rings (SSSR count). The molecule has 2 aromatic carbocycles. The number of nitro benzene ring substituents is 1. The minimum atomic E-state index is -0.568. The van der Waals surface area contributed by atoms with E-state index in [0.717, 1.165) is 21.7 Å². The van der Waals surface area contributed by atoms with E-state index in [1.165, 1.54) is 23.1 Å². The van der Waals surface area contributed by atoms with E-state index in [2.05, 4.69) is 15.3 Å². The van der Waals surface area contributed by atoms with Gasteiger partial charge in [0.25, 0.3) is 11.6 Å². The summed E-state index contributed by atoms with van der Waals surface area (Å²) < 4.78 is 5.33. The van der Waals surface area contributed by atoms with Crippen LogP contribution in [-0.2, 0) is 9.59 Å². The fourth-order valence-electron chi connectivity index (χ4n) is 3.44. The molecule has 10 nitrogen and oxygen atoms in total. The van der Waals surface area contributed by atoms with Gasteiger partial charge >= 0.3 is 0 Å². The van der Waals surface area contributed by atoms with Crippen LogP contribution in [-0.4, -0.2) is 39.9 Å². The van der Waals surface area contributed by atoms with Crippen molar-refractivity contribution in [2.24, 2.45) is 0 Å². The van der Waals surface area contributed by atoms with Gasteiger partial charge in [0.05, 0.1) is 26.5 Å². The second kappa shape index (κ2) is 7.78. The highest BCUT2D eigenvalue weighted by molar-refractivity contribution is 7.13. The first-order valence-corrected chi connectivity index (χ1v) is 10.4. The molecule has 32 heavy (non-hydrogen) atoms. The number of nitrogens with one attached hydrogen (secondary N) is 2. The van der Waals surface area contributed by atoms with Gasteiger partial charge in [-0.05, 0) is 35.7 Å². The van der Waals surface area contributed by atoms with Gasteiger partial charge in [-0.25, -0.2) is 4.98 Å². The lowest BCUT2D eigenvalue weighted by molar-refractivity contribution is -0.384. The van der Waals surface area contributed by atoms with Crippen LogP contribution in [0, 0.1) is 10.1 Å². The molecular weight excluding hydrogens is 434 g/mol. The van der Waals surface area contributed by atoms with Crippen LogP contribution in [0.1, 0.15) is 0 Å². The first-order valence-electron chi connectivity index (χ1n) is 9.53. The van der Waals surface area contributed by atoms with Gasteiger partial charge in [-0.3, -0.25) is 24.6 Å². The highest BCUT2D eigenvalue weighted by Crippen LogP contribution is 2.35. The molecular formula is C21H15N5O5S. The van der Waals surface area contributed by atoms with E-state index in [4.69, 9.17) is 4.74 Å². The summed E-state index contributed by atoms with van der Waals surface area (Å²) in [5.41, 5.74) is 2.04. The van der Waals surface area contributed by atoms with E-state index in [9.17, 15) is 19.7 Å². The summed E-state index contributed by atoms with van der Waals surface area (Å²) in [7, 11) is 0. The summed E-state index contributed by atoms with van der Waals surface area (Å²) in [5.74, 6) is 0.145. The van der Waals surface area contributed by atoms with E-state index in [1.807, 2.05) is 17.5 Å². The Kier molecular flexibility index (Phi) is 4.79. The maximum atomic E-state index is 12.7. The maximum Gasteiger partial charge on any atom is 0.271 e. The number of nitrogens with zero attached hydrogens (tertiary/aromatic N) is 3. The summed E-state index contributed by atoms with van der Waals surface area (Å²) in [6, 6.07) is 13.1. The van der Waals surface area contributed by atoms with Crippen LogP contribution >= 0.6 is 11.3 Å². The number of hydrogen-bond acceptors (Lipinski definition) is 7. The number of non-ortho nitro benzene ring substituents is 1. The van der Waals surface area contributed by atoms with Gasteiger partial charge in [-0.2, -0.15) is 0 Å². The Morgan fingerprint density at radius 3 is 2.94 bits per heavy atom. The third-order valence-electron chi connectivity index (χ3n) is 4.92. The highest BCUT2D eigenvalue weighted by Gasteiger charge is 2.29. The molecule has 0 radical (unpaired) electrons. The molecule has 2 amide bonds. The lowest BCUT2D eigenvalue weighted by atomic mass is 10.2. The predicted octanol–water partition coefficient (Wildman–Crippen LogP) is 3.56. The average molecular weight is 449 g/mol. The van der Waals surface area contributed by atoms with Crippen LogP contribution in [0.5, 0.6) is 5.75 Å². The van der Waals surface area contributed by atoms with Gasteiger partial charge in [0, 0.05) is 17.8 Å². The molecule has 4 aromatic rings. The number of carbonyl (C=O) groups is 2. The molecule has 0 aliphatic carbocycles.